The number of halogens is 1. The zero-order valence-corrected chi connectivity index (χ0v) is 14.2. The van der Waals surface area contributed by atoms with Crippen LogP contribution in [-0.2, 0) is 0 Å². The maximum atomic E-state index is 13.7. The number of anilines is 2. The van der Waals surface area contributed by atoms with Crippen molar-refractivity contribution in [1.29, 1.82) is 0 Å². The number of nitrogens with zero attached hydrogens (tertiary/aromatic N) is 2. The summed E-state index contributed by atoms with van der Waals surface area (Å²) in [4.78, 5) is 16.2. The molecular weight excluding hydrogens is 321 g/mol. The molecule has 2 aromatic rings. The van der Waals surface area contributed by atoms with E-state index in [-0.39, 0.29) is 11.7 Å². The molecule has 1 heterocycles. The van der Waals surface area contributed by atoms with Gasteiger partial charge in [0, 0.05) is 26.2 Å². The van der Waals surface area contributed by atoms with Crippen LogP contribution < -0.4 is 15.0 Å². The molecule has 132 valence electrons. The van der Waals surface area contributed by atoms with Crippen LogP contribution in [0.3, 0.4) is 0 Å². The van der Waals surface area contributed by atoms with E-state index in [2.05, 4.69) is 10.2 Å². The summed E-state index contributed by atoms with van der Waals surface area (Å²) in [6.07, 6.45) is 0. The molecule has 1 aliphatic rings. The van der Waals surface area contributed by atoms with Crippen LogP contribution in [0.2, 0.25) is 0 Å². The molecule has 1 fully saturated rings. The van der Waals surface area contributed by atoms with Crippen molar-refractivity contribution >= 4 is 17.4 Å². The Labute approximate surface area is 147 Å². The highest BCUT2D eigenvalue weighted by molar-refractivity contribution is 5.89. The van der Waals surface area contributed by atoms with Gasteiger partial charge >= 0.3 is 6.03 Å². The number of ether oxygens (including phenoxy) is 1. The van der Waals surface area contributed by atoms with Crippen LogP contribution >= 0.6 is 0 Å². The minimum Gasteiger partial charge on any atom is -0.492 e. The molecule has 0 aliphatic carbocycles. The second-order valence-electron chi connectivity index (χ2n) is 5.78. The van der Waals surface area contributed by atoms with Crippen molar-refractivity contribution in [3.63, 3.8) is 0 Å². The van der Waals surface area contributed by atoms with Crippen LogP contribution in [0.25, 0.3) is 0 Å². The van der Waals surface area contributed by atoms with Gasteiger partial charge in [0.2, 0.25) is 0 Å². The summed E-state index contributed by atoms with van der Waals surface area (Å²) in [7, 11) is 0. The first kappa shape index (κ1) is 17.1. The lowest BCUT2D eigenvalue weighted by Gasteiger charge is -2.36. The van der Waals surface area contributed by atoms with Gasteiger partial charge in [-0.3, -0.25) is 0 Å². The van der Waals surface area contributed by atoms with Gasteiger partial charge in [-0.1, -0.05) is 24.3 Å². The molecule has 3 rings (SSSR count). The quantitative estimate of drug-likeness (QED) is 0.923. The van der Waals surface area contributed by atoms with Gasteiger partial charge in [-0.2, -0.15) is 0 Å². The van der Waals surface area contributed by atoms with Crippen LogP contribution in [0.15, 0.2) is 48.5 Å². The molecule has 0 atom stereocenters. The number of hydrogen-bond acceptors (Lipinski definition) is 3. The van der Waals surface area contributed by atoms with Gasteiger partial charge in [-0.05, 0) is 31.2 Å². The second-order valence-corrected chi connectivity index (χ2v) is 5.78. The van der Waals surface area contributed by atoms with E-state index in [1.54, 1.807) is 23.1 Å². The number of urea groups is 1. The molecule has 0 radical (unpaired) electrons. The highest BCUT2D eigenvalue weighted by Crippen LogP contribution is 2.28. The number of carbonyl (C=O) groups is 1. The third-order valence-corrected chi connectivity index (χ3v) is 4.19. The Bertz CT molecular complexity index is 730. The van der Waals surface area contributed by atoms with Crippen molar-refractivity contribution in [3.05, 3.63) is 54.3 Å². The first-order chi connectivity index (χ1) is 12.2. The van der Waals surface area contributed by atoms with Crippen molar-refractivity contribution in [2.45, 2.75) is 6.92 Å². The van der Waals surface area contributed by atoms with Gasteiger partial charge in [-0.25, -0.2) is 9.18 Å². The normalized spacial score (nSPS) is 14.3. The standard InChI is InChI=1S/C19H22FN3O2/c1-2-25-18-10-6-5-9-17(18)22-11-13-23(14-12-22)19(24)21-16-8-4-3-7-15(16)20/h3-10H,2,11-14H2,1H3,(H,21,24). The lowest BCUT2D eigenvalue weighted by Crippen LogP contribution is -2.50. The molecule has 0 unspecified atom stereocenters. The number of piperazine rings is 1. The van der Waals surface area contributed by atoms with E-state index in [1.807, 2.05) is 31.2 Å². The lowest BCUT2D eigenvalue weighted by molar-refractivity contribution is 0.208. The Kier molecular flexibility index (Phi) is 5.38. The highest BCUT2D eigenvalue weighted by Gasteiger charge is 2.23. The first-order valence-corrected chi connectivity index (χ1v) is 8.46. The summed E-state index contributed by atoms with van der Waals surface area (Å²) in [5, 5.41) is 2.63. The summed E-state index contributed by atoms with van der Waals surface area (Å²) in [5.41, 5.74) is 1.25. The number of carbonyl (C=O) groups excluding carboxylic acids is 1. The fraction of sp³-hybridized carbons (Fsp3) is 0.316. The topological polar surface area (TPSA) is 44.8 Å². The number of hydrogen-bond donors (Lipinski definition) is 1. The van der Waals surface area contributed by atoms with Gasteiger partial charge in [0.15, 0.2) is 0 Å². The fourth-order valence-electron chi connectivity index (χ4n) is 2.90. The van der Waals surface area contributed by atoms with Crippen molar-refractivity contribution in [1.82, 2.24) is 4.90 Å². The molecule has 1 N–H and O–H groups in total. The van der Waals surface area contributed by atoms with E-state index < -0.39 is 5.82 Å². The molecular formula is C19H22FN3O2. The smallest absolute Gasteiger partial charge is 0.322 e. The van der Waals surface area contributed by atoms with Gasteiger partial charge in [0.05, 0.1) is 18.0 Å². The fourth-order valence-corrected chi connectivity index (χ4v) is 2.90. The van der Waals surface area contributed by atoms with E-state index in [4.69, 9.17) is 4.74 Å². The third kappa shape index (κ3) is 4.02. The summed E-state index contributed by atoms with van der Waals surface area (Å²) in [6, 6.07) is 13.8. The molecule has 5 nitrogen and oxygen atoms in total. The molecule has 0 saturated carbocycles. The molecule has 2 amide bonds. The number of amides is 2. The van der Waals surface area contributed by atoms with Gasteiger partial charge in [-0.15, -0.1) is 0 Å². The van der Waals surface area contributed by atoms with Crippen molar-refractivity contribution < 1.29 is 13.9 Å². The maximum absolute atomic E-state index is 13.7. The first-order valence-electron chi connectivity index (χ1n) is 8.46. The van der Waals surface area contributed by atoms with Crippen molar-refractivity contribution in [2.75, 3.05) is 43.0 Å². The Morgan fingerprint density at radius 1 is 1.08 bits per heavy atom. The highest BCUT2D eigenvalue weighted by atomic mass is 19.1. The van der Waals surface area contributed by atoms with Gasteiger partial charge < -0.3 is 19.9 Å². The molecule has 0 bridgehead atoms. The second kappa shape index (κ2) is 7.88. The molecule has 2 aromatic carbocycles. The Morgan fingerprint density at radius 3 is 2.48 bits per heavy atom. The summed E-state index contributed by atoms with van der Waals surface area (Å²) < 4.78 is 19.3. The van der Waals surface area contributed by atoms with E-state index in [0.29, 0.717) is 32.8 Å². The van der Waals surface area contributed by atoms with E-state index >= 15 is 0 Å². The van der Waals surface area contributed by atoms with Gasteiger partial charge in [0.25, 0.3) is 0 Å². The zero-order chi connectivity index (χ0) is 17.6. The van der Waals surface area contributed by atoms with E-state index in [1.165, 1.54) is 6.07 Å². The average molecular weight is 343 g/mol. The number of para-hydroxylation sites is 3. The Balaban J connectivity index is 1.60. The molecule has 0 aromatic heterocycles. The minimum atomic E-state index is -0.430. The summed E-state index contributed by atoms with van der Waals surface area (Å²) >= 11 is 0. The van der Waals surface area contributed by atoms with E-state index in [0.717, 1.165) is 11.4 Å². The molecule has 6 heteroatoms. The molecule has 1 saturated heterocycles. The Morgan fingerprint density at radius 2 is 1.76 bits per heavy atom. The average Bonchev–Trinajstić information content (AvgIpc) is 2.64. The predicted octanol–water partition coefficient (Wildman–Crippen LogP) is 3.58. The minimum absolute atomic E-state index is 0.205. The van der Waals surface area contributed by atoms with Crippen LogP contribution in [-0.4, -0.2) is 43.7 Å². The van der Waals surface area contributed by atoms with Crippen molar-refractivity contribution in [2.24, 2.45) is 0 Å². The SMILES string of the molecule is CCOc1ccccc1N1CCN(C(=O)Nc2ccccc2F)CC1. The number of benzene rings is 2. The summed E-state index contributed by atoms with van der Waals surface area (Å²) in [5.74, 6) is 0.425. The number of nitrogens with one attached hydrogen (secondary N) is 1. The van der Waals surface area contributed by atoms with Crippen LogP contribution in [0, 0.1) is 5.82 Å². The van der Waals surface area contributed by atoms with Crippen LogP contribution in [0.5, 0.6) is 5.75 Å². The third-order valence-electron chi connectivity index (χ3n) is 4.19. The Hall–Kier alpha value is -2.76. The van der Waals surface area contributed by atoms with Crippen LogP contribution in [0.4, 0.5) is 20.6 Å². The van der Waals surface area contributed by atoms with E-state index in [9.17, 15) is 9.18 Å². The molecule has 1 aliphatic heterocycles. The van der Waals surface area contributed by atoms with Gasteiger partial charge in [0.1, 0.15) is 11.6 Å². The maximum Gasteiger partial charge on any atom is 0.322 e. The number of rotatable bonds is 4. The van der Waals surface area contributed by atoms with Crippen molar-refractivity contribution in [3.8, 4) is 5.75 Å². The largest absolute Gasteiger partial charge is 0.492 e. The molecule has 0 spiro atoms. The predicted molar refractivity (Wildman–Crippen MR) is 96.8 cm³/mol. The van der Waals surface area contributed by atoms with Crippen LogP contribution in [0.1, 0.15) is 6.92 Å². The summed E-state index contributed by atoms with van der Waals surface area (Å²) in [6.45, 7) is 5.12. The monoisotopic (exact) mass is 343 g/mol. The zero-order valence-electron chi connectivity index (χ0n) is 14.2. The lowest BCUT2D eigenvalue weighted by atomic mass is 10.2. The molecule has 25 heavy (non-hydrogen) atoms.